The van der Waals surface area contributed by atoms with E-state index in [0.717, 1.165) is 12.2 Å². The van der Waals surface area contributed by atoms with Crippen molar-refractivity contribution in [2.75, 3.05) is 12.0 Å². The van der Waals surface area contributed by atoms with E-state index in [4.69, 9.17) is 9.52 Å². The molecule has 1 heterocycles. The van der Waals surface area contributed by atoms with E-state index in [0.29, 0.717) is 5.76 Å². The number of rotatable bonds is 7. The van der Waals surface area contributed by atoms with E-state index in [2.05, 4.69) is 10.6 Å². The third kappa shape index (κ3) is 5.69. The molecule has 3 N–H and O–H groups in total. The number of hydrogen-bond acceptors (Lipinski definition) is 4. The monoisotopic (exact) mass is 286 g/mol. The van der Waals surface area contributed by atoms with Crippen LogP contribution in [0.3, 0.4) is 0 Å². The largest absolute Gasteiger partial charge is 0.475 e. The molecule has 1 atom stereocenters. The number of carboxylic acid groups (broad SMARTS) is 1. The molecular weight excluding hydrogens is 268 g/mol. The summed E-state index contributed by atoms with van der Waals surface area (Å²) in [5.41, 5.74) is 0. The van der Waals surface area contributed by atoms with Crippen LogP contribution in [0.5, 0.6) is 0 Å². The van der Waals surface area contributed by atoms with Crippen molar-refractivity contribution in [2.24, 2.45) is 0 Å². The second-order valence-corrected chi connectivity index (χ2v) is 5.07. The third-order valence-electron chi connectivity index (χ3n) is 2.43. The number of amides is 2. The second-order valence-electron chi connectivity index (χ2n) is 4.08. The van der Waals surface area contributed by atoms with E-state index in [9.17, 15) is 9.59 Å². The van der Waals surface area contributed by atoms with Crippen LogP contribution in [0.15, 0.2) is 16.5 Å². The molecule has 106 valence electrons. The zero-order valence-electron chi connectivity index (χ0n) is 10.9. The fourth-order valence-corrected chi connectivity index (χ4v) is 1.99. The Balaban J connectivity index is 2.31. The highest BCUT2D eigenvalue weighted by molar-refractivity contribution is 7.98. The minimum atomic E-state index is -1.12. The van der Waals surface area contributed by atoms with Crippen LogP contribution in [-0.2, 0) is 6.54 Å². The lowest BCUT2D eigenvalue weighted by molar-refractivity contribution is 0.0660. The highest BCUT2D eigenvalue weighted by atomic mass is 32.2. The van der Waals surface area contributed by atoms with Crippen LogP contribution in [0.2, 0.25) is 0 Å². The highest BCUT2D eigenvalue weighted by Gasteiger charge is 2.10. The van der Waals surface area contributed by atoms with Gasteiger partial charge in [-0.15, -0.1) is 0 Å². The van der Waals surface area contributed by atoms with Gasteiger partial charge in [-0.25, -0.2) is 9.59 Å². The molecule has 2 amide bonds. The van der Waals surface area contributed by atoms with E-state index in [1.165, 1.54) is 12.1 Å². The summed E-state index contributed by atoms with van der Waals surface area (Å²) in [6.07, 6.45) is 2.92. The van der Waals surface area contributed by atoms with E-state index >= 15 is 0 Å². The second kappa shape index (κ2) is 7.73. The molecule has 0 aromatic carbocycles. The summed E-state index contributed by atoms with van der Waals surface area (Å²) >= 11 is 1.73. The summed E-state index contributed by atoms with van der Waals surface area (Å²) in [4.78, 5) is 22.1. The van der Waals surface area contributed by atoms with Gasteiger partial charge in [-0.3, -0.25) is 0 Å². The van der Waals surface area contributed by atoms with Gasteiger partial charge < -0.3 is 20.2 Å². The predicted molar refractivity (Wildman–Crippen MR) is 73.5 cm³/mol. The molecule has 0 radical (unpaired) electrons. The average Bonchev–Trinajstić information content (AvgIpc) is 2.83. The SMILES string of the molecule is CSCCC(C)NC(=O)NCc1ccc(C(=O)O)o1. The van der Waals surface area contributed by atoms with Crippen molar-refractivity contribution < 1.29 is 19.1 Å². The first kappa shape index (κ1) is 15.4. The number of thioether (sulfide) groups is 1. The smallest absolute Gasteiger partial charge is 0.371 e. The van der Waals surface area contributed by atoms with Gasteiger partial charge in [0.1, 0.15) is 5.76 Å². The van der Waals surface area contributed by atoms with E-state index in [1.807, 2.05) is 13.2 Å². The molecule has 1 unspecified atom stereocenters. The van der Waals surface area contributed by atoms with Gasteiger partial charge in [-0.1, -0.05) is 0 Å². The fourth-order valence-electron chi connectivity index (χ4n) is 1.40. The average molecular weight is 286 g/mol. The Morgan fingerprint density at radius 1 is 1.47 bits per heavy atom. The Kier molecular flexibility index (Phi) is 6.27. The van der Waals surface area contributed by atoms with Crippen LogP contribution in [0.4, 0.5) is 4.79 Å². The lowest BCUT2D eigenvalue weighted by atomic mass is 10.3. The first-order chi connectivity index (χ1) is 9.02. The number of nitrogens with one attached hydrogen (secondary N) is 2. The van der Waals surface area contributed by atoms with Crippen molar-refractivity contribution in [2.45, 2.75) is 25.9 Å². The molecule has 1 aromatic heterocycles. The van der Waals surface area contributed by atoms with Crippen molar-refractivity contribution in [1.29, 1.82) is 0 Å². The summed E-state index contributed by atoms with van der Waals surface area (Å²) in [5.74, 6) is 0.137. The van der Waals surface area contributed by atoms with Crippen LogP contribution in [0.1, 0.15) is 29.7 Å². The summed E-state index contributed by atoms with van der Waals surface area (Å²) in [5, 5.41) is 14.1. The summed E-state index contributed by atoms with van der Waals surface area (Å²) in [6.45, 7) is 2.10. The van der Waals surface area contributed by atoms with Crippen molar-refractivity contribution in [3.8, 4) is 0 Å². The Morgan fingerprint density at radius 2 is 2.21 bits per heavy atom. The van der Waals surface area contributed by atoms with Gasteiger partial charge >= 0.3 is 12.0 Å². The normalized spacial score (nSPS) is 11.9. The quantitative estimate of drug-likeness (QED) is 0.712. The number of hydrogen-bond donors (Lipinski definition) is 3. The first-order valence-corrected chi connectivity index (χ1v) is 7.27. The van der Waals surface area contributed by atoms with E-state index in [1.54, 1.807) is 11.8 Å². The molecule has 1 aromatic rings. The summed E-state index contributed by atoms with van der Waals surface area (Å²) in [6, 6.07) is 2.69. The molecular formula is C12H18N2O4S. The van der Waals surface area contributed by atoms with Crippen LogP contribution < -0.4 is 10.6 Å². The van der Waals surface area contributed by atoms with Crippen molar-refractivity contribution in [1.82, 2.24) is 10.6 Å². The number of urea groups is 1. The number of carboxylic acids is 1. The van der Waals surface area contributed by atoms with Crippen LogP contribution in [0.25, 0.3) is 0 Å². The molecule has 0 bridgehead atoms. The van der Waals surface area contributed by atoms with Gasteiger partial charge in [0, 0.05) is 6.04 Å². The zero-order chi connectivity index (χ0) is 14.3. The minimum Gasteiger partial charge on any atom is -0.475 e. The number of carbonyl (C=O) groups is 2. The van der Waals surface area contributed by atoms with Crippen molar-refractivity contribution in [3.63, 3.8) is 0 Å². The summed E-state index contributed by atoms with van der Waals surface area (Å²) < 4.78 is 5.02. The van der Waals surface area contributed by atoms with Crippen LogP contribution >= 0.6 is 11.8 Å². The van der Waals surface area contributed by atoms with Gasteiger partial charge in [-0.2, -0.15) is 11.8 Å². The van der Waals surface area contributed by atoms with E-state index < -0.39 is 5.97 Å². The van der Waals surface area contributed by atoms with Gasteiger partial charge in [0.15, 0.2) is 0 Å². The zero-order valence-corrected chi connectivity index (χ0v) is 11.8. The van der Waals surface area contributed by atoms with Gasteiger partial charge in [-0.05, 0) is 37.5 Å². The molecule has 1 rings (SSSR count). The lowest BCUT2D eigenvalue weighted by Gasteiger charge is -2.13. The van der Waals surface area contributed by atoms with Crippen LogP contribution in [0, 0.1) is 0 Å². The molecule has 0 aliphatic rings. The van der Waals surface area contributed by atoms with E-state index in [-0.39, 0.29) is 24.4 Å². The Hall–Kier alpha value is -1.63. The predicted octanol–water partition coefficient (Wildman–Crippen LogP) is 1.92. The number of furan rings is 1. The molecule has 7 heteroatoms. The maximum absolute atomic E-state index is 11.5. The topological polar surface area (TPSA) is 91.6 Å². The maximum Gasteiger partial charge on any atom is 0.371 e. The molecule has 6 nitrogen and oxygen atoms in total. The Morgan fingerprint density at radius 3 is 2.79 bits per heavy atom. The summed E-state index contributed by atoms with van der Waals surface area (Å²) in [7, 11) is 0. The molecule has 0 aliphatic heterocycles. The number of carbonyl (C=O) groups excluding carboxylic acids is 1. The molecule has 0 saturated carbocycles. The Bertz CT molecular complexity index is 433. The van der Waals surface area contributed by atoms with Crippen LogP contribution in [-0.4, -0.2) is 35.2 Å². The molecule has 0 saturated heterocycles. The first-order valence-electron chi connectivity index (χ1n) is 5.88. The van der Waals surface area contributed by atoms with Crippen molar-refractivity contribution >= 4 is 23.8 Å². The molecule has 0 fully saturated rings. The minimum absolute atomic E-state index is 0.0960. The molecule has 0 aliphatic carbocycles. The van der Waals surface area contributed by atoms with Gasteiger partial charge in [0.25, 0.3) is 0 Å². The standard InChI is InChI=1S/C12H18N2O4S/c1-8(5-6-19-2)14-12(17)13-7-9-3-4-10(18-9)11(15)16/h3-4,8H,5-7H2,1-2H3,(H,15,16)(H2,13,14,17). The highest BCUT2D eigenvalue weighted by Crippen LogP contribution is 2.07. The van der Waals surface area contributed by atoms with Gasteiger partial charge in [0.05, 0.1) is 6.54 Å². The Labute approximate surface area is 115 Å². The maximum atomic E-state index is 11.5. The molecule has 0 spiro atoms. The third-order valence-corrected chi connectivity index (χ3v) is 3.07. The molecule has 19 heavy (non-hydrogen) atoms. The van der Waals surface area contributed by atoms with Gasteiger partial charge in [0.2, 0.25) is 5.76 Å². The lowest BCUT2D eigenvalue weighted by Crippen LogP contribution is -2.40. The van der Waals surface area contributed by atoms with Crippen molar-refractivity contribution in [3.05, 3.63) is 23.7 Å². The number of aromatic carboxylic acids is 1. The fraction of sp³-hybridized carbons (Fsp3) is 0.500.